The Balaban J connectivity index is 1.64. The molecule has 0 saturated heterocycles. The molecule has 2 aromatic rings. The third kappa shape index (κ3) is 4.40. The Morgan fingerprint density at radius 3 is 2.50 bits per heavy atom. The first-order chi connectivity index (χ1) is 12.5. The van der Waals surface area contributed by atoms with Crippen molar-refractivity contribution >= 4 is 28.3 Å². The zero-order valence-electron chi connectivity index (χ0n) is 15.1. The summed E-state index contributed by atoms with van der Waals surface area (Å²) in [5, 5.41) is 8.23. The fraction of sp³-hybridized carbons (Fsp3) is 0.421. The summed E-state index contributed by atoms with van der Waals surface area (Å²) in [7, 11) is 1.57. The van der Waals surface area contributed by atoms with Crippen LogP contribution in [0.15, 0.2) is 29.6 Å². The molecule has 1 unspecified atom stereocenters. The van der Waals surface area contributed by atoms with Gasteiger partial charge in [0.1, 0.15) is 11.8 Å². The Morgan fingerprint density at radius 1 is 1.23 bits per heavy atom. The van der Waals surface area contributed by atoms with Crippen LogP contribution in [0.2, 0.25) is 0 Å². The molecular formula is C19H23N3O3S. The number of carbonyl (C=O) groups excluding carboxylic acids is 2. The summed E-state index contributed by atoms with van der Waals surface area (Å²) in [4.78, 5) is 29.6. The van der Waals surface area contributed by atoms with E-state index in [4.69, 9.17) is 4.74 Å². The molecule has 6 nitrogen and oxygen atoms in total. The molecule has 1 aromatic carbocycles. The van der Waals surface area contributed by atoms with Gasteiger partial charge >= 0.3 is 0 Å². The highest BCUT2D eigenvalue weighted by Crippen LogP contribution is 2.40. The largest absolute Gasteiger partial charge is 0.497 e. The van der Waals surface area contributed by atoms with E-state index in [-0.39, 0.29) is 17.7 Å². The van der Waals surface area contributed by atoms with Crippen molar-refractivity contribution in [3.8, 4) is 5.75 Å². The Bertz CT molecular complexity index is 782. The number of benzene rings is 1. The van der Waals surface area contributed by atoms with E-state index >= 15 is 0 Å². The highest BCUT2D eigenvalue weighted by Gasteiger charge is 2.28. The number of amides is 2. The predicted octanol–water partition coefficient (Wildman–Crippen LogP) is 3.42. The van der Waals surface area contributed by atoms with Crippen LogP contribution in [-0.2, 0) is 4.79 Å². The molecule has 1 saturated carbocycles. The van der Waals surface area contributed by atoms with Crippen molar-refractivity contribution in [2.75, 3.05) is 12.4 Å². The van der Waals surface area contributed by atoms with E-state index in [1.54, 1.807) is 31.4 Å². The Kier molecular flexibility index (Phi) is 5.56. The first-order valence-corrected chi connectivity index (χ1v) is 9.57. The van der Waals surface area contributed by atoms with Crippen LogP contribution in [0.5, 0.6) is 5.75 Å². The van der Waals surface area contributed by atoms with Gasteiger partial charge in [-0.05, 0) is 43.0 Å². The van der Waals surface area contributed by atoms with Crippen LogP contribution in [-0.4, -0.2) is 29.9 Å². The minimum atomic E-state index is -0.641. The molecule has 1 aliphatic rings. The number of carbonyl (C=O) groups is 2. The number of aromatic nitrogens is 1. The first kappa shape index (κ1) is 18.4. The van der Waals surface area contributed by atoms with Gasteiger partial charge in [0, 0.05) is 16.9 Å². The second-order valence-electron chi connectivity index (χ2n) is 6.76. The quantitative estimate of drug-likeness (QED) is 0.779. The Hall–Kier alpha value is -2.41. The lowest BCUT2D eigenvalue weighted by Gasteiger charge is -2.21. The van der Waals surface area contributed by atoms with Crippen molar-refractivity contribution in [3.05, 3.63) is 40.9 Å². The van der Waals surface area contributed by atoms with E-state index in [0.29, 0.717) is 22.4 Å². The zero-order chi connectivity index (χ0) is 18.7. The van der Waals surface area contributed by atoms with E-state index < -0.39 is 6.04 Å². The molecule has 1 heterocycles. The van der Waals surface area contributed by atoms with Gasteiger partial charge in [-0.1, -0.05) is 13.8 Å². The molecule has 2 N–H and O–H groups in total. The molecule has 0 bridgehead atoms. The molecule has 138 valence electrons. The number of nitrogens with one attached hydrogen (secondary N) is 2. The smallest absolute Gasteiger partial charge is 0.251 e. The van der Waals surface area contributed by atoms with Gasteiger partial charge in [0.2, 0.25) is 5.91 Å². The number of nitrogens with zero attached hydrogens (tertiary/aromatic N) is 1. The van der Waals surface area contributed by atoms with Crippen LogP contribution < -0.4 is 15.4 Å². The monoisotopic (exact) mass is 373 g/mol. The molecule has 1 atom stereocenters. The molecule has 3 rings (SSSR count). The van der Waals surface area contributed by atoms with E-state index in [2.05, 4.69) is 15.6 Å². The summed E-state index contributed by atoms with van der Waals surface area (Å²) in [6, 6.07) is 6.14. The van der Waals surface area contributed by atoms with Crippen molar-refractivity contribution in [1.29, 1.82) is 0 Å². The van der Waals surface area contributed by atoms with Crippen molar-refractivity contribution < 1.29 is 14.3 Å². The van der Waals surface area contributed by atoms with Gasteiger partial charge in [-0.2, -0.15) is 0 Å². The van der Waals surface area contributed by atoms with Gasteiger partial charge in [-0.3, -0.25) is 9.59 Å². The van der Waals surface area contributed by atoms with E-state index in [9.17, 15) is 9.59 Å². The van der Waals surface area contributed by atoms with Crippen LogP contribution >= 0.6 is 11.3 Å². The highest BCUT2D eigenvalue weighted by molar-refractivity contribution is 7.13. The van der Waals surface area contributed by atoms with Gasteiger partial charge in [0.25, 0.3) is 5.91 Å². The number of methoxy groups -OCH3 is 1. The van der Waals surface area contributed by atoms with Gasteiger partial charge in [0.15, 0.2) is 5.13 Å². The summed E-state index contributed by atoms with van der Waals surface area (Å²) < 4.78 is 5.09. The number of hydrogen-bond donors (Lipinski definition) is 2. The molecule has 1 aromatic heterocycles. The maximum Gasteiger partial charge on any atom is 0.251 e. The minimum absolute atomic E-state index is 0.0555. The lowest BCUT2D eigenvalue weighted by molar-refractivity contribution is -0.118. The SMILES string of the molecule is COc1ccc(C(=O)NC(C(=O)Nc2nc(C3CC3)cs2)C(C)C)cc1. The van der Waals surface area contributed by atoms with Gasteiger partial charge < -0.3 is 15.4 Å². The van der Waals surface area contributed by atoms with Gasteiger partial charge in [-0.15, -0.1) is 11.3 Å². The maximum atomic E-state index is 12.6. The number of ether oxygens (including phenoxy) is 1. The minimum Gasteiger partial charge on any atom is -0.497 e. The van der Waals surface area contributed by atoms with Crippen LogP contribution in [0.3, 0.4) is 0 Å². The molecule has 1 fully saturated rings. The standard InChI is InChI=1S/C19H23N3O3S/c1-11(2)16(21-17(23)13-6-8-14(25-3)9-7-13)18(24)22-19-20-15(10-26-19)12-4-5-12/h6-12,16H,4-5H2,1-3H3,(H,21,23)(H,20,22,24). The van der Waals surface area contributed by atoms with Crippen molar-refractivity contribution in [2.24, 2.45) is 5.92 Å². The normalized spacial score (nSPS) is 14.8. The highest BCUT2D eigenvalue weighted by atomic mass is 32.1. The van der Waals surface area contributed by atoms with Crippen LogP contribution in [0.1, 0.15) is 48.7 Å². The van der Waals surface area contributed by atoms with Crippen LogP contribution in [0, 0.1) is 5.92 Å². The molecular weight excluding hydrogens is 350 g/mol. The fourth-order valence-corrected chi connectivity index (χ4v) is 3.39. The second kappa shape index (κ2) is 7.86. The summed E-state index contributed by atoms with van der Waals surface area (Å²) in [5.41, 5.74) is 1.53. The number of hydrogen-bond acceptors (Lipinski definition) is 5. The zero-order valence-corrected chi connectivity index (χ0v) is 15.9. The van der Waals surface area contributed by atoms with Gasteiger partial charge in [0.05, 0.1) is 12.8 Å². The second-order valence-corrected chi connectivity index (χ2v) is 7.62. The van der Waals surface area contributed by atoms with E-state index in [1.807, 2.05) is 19.2 Å². The fourth-order valence-electron chi connectivity index (χ4n) is 2.60. The van der Waals surface area contributed by atoms with Crippen LogP contribution in [0.4, 0.5) is 5.13 Å². The number of thiazole rings is 1. The number of rotatable bonds is 7. The Labute approximate surface area is 157 Å². The van der Waals surface area contributed by atoms with Crippen LogP contribution in [0.25, 0.3) is 0 Å². The summed E-state index contributed by atoms with van der Waals surface area (Å²) in [6.45, 7) is 3.80. The summed E-state index contributed by atoms with van der Waals surface area (Å²) >= 11 is 1.43. The third-order valence-corrected chi connectivity index (χ3v) is 5.11. The predicted molar refractivity (Wildman–Crippen MR) is 102 cm³/mol. The first-order valence-electron chi connectivity index (χ1n) is 8.69. The Morgan fingerprint density at radius 2 is 1.92 bits per heavy atom. The molecule has 0 aliphatic heterocycles. The maximum absolute atomic E-state index is 12.6. The lowest BCUT2D eigenvalue weighted by Crippen LogP contribution is -2.47. The van der Waals surface area contributed by atoms with Crippen molar-refractivity contribution in [2.45, 2.75) is 38.6 Å². The molecule has 1 aliphatic carbocycles. The summed E-state index contributed by atoms with van der Waals surface area (Å²) in [5.74, 6) is 0.625. The van der Waals surface area contributed by atoms with E-state index in [1.165, 1.54) is 24.2 Å². The molecule has 0 spiro atoms. The molecule has 26 heavy (non-hydrogen) atoms. The summed E-state index contributed by atoms with van der Waals surface area (Å²) in [6.07, 6.45) is 2.34. The molecule has 7 heteroatoms. The van der Waals surface area contributed by atoms with E-state index in [0.717, 1.165) is 5.69 Å². The molecule has 0 radical (unpaired) electrons. The number of anilines is 1. The van der Waals surface area contributed by atoms with Gasteiger partial charge in [-0.25, -0.2) is 4.98 Å². The van der Waals surface area contributed by atoms with Crippen molar-refractivity contribution in [1.82, 2.24) is 10.3 Å². The third-order valence-electron chi connectivity index (χ3n) is 4.34. The average molecular weight is 373 g/mol. The topological polar surface area (TPSA) is 80.3 Å². The van der Waals surface area contributed by atoms with Crippen molar-refractivity contribution in [3.63, 3.8) is 0 Å². The average Bonchev–Trinajstić information content (AvgIpc) is 3.38. The lowest BCUT2D eigenvalue weighted by atomic mass is 10.0. The molecule has 2 amide bonds.